The first-order chi connectivity index (χ1) is 6.63. The van der Waals surface area contributed by atoms with E-state index in [1.54, 1.807) is 0 Å². The minimum absolute atomic E-state index is 0.561. The Morgan fingerprint density at radius 1 is 1.29 bits per heavy atom. The van der Waals surface area contributed by atoms with Crippen LogP contribution in [0.2, 0.25) is 0 Å². The first-order valence-electron chi connectivity index (χ1n) is 4.61. The molecular formula is C11H16N2S. The fourth-order valence-electron chi connectivity index (χ4n) is 1.11. The van der Waals surface area contributed by atoms with Crippen LogP contribution in [0.3, 0.4) is 0 Å². The molecular weight excluding hydrogens is 192 g/mol. The molecule has 0 fully saturated rings. The van der Waals surface area contributed by atoms with Crippen molar-refractivity contribution in [2.75, 3.05) is 6.26 Å². The number of thioether (sulfide) groups is 1. The number of rotatable bonds is 2. The fraction of sp³-hybridized carbons (Fsp3) is 0.364. The van der Waals surface area contributed by atoms with E-state index in [-0.39, 0.29) is 0 Å². The highest BCUT2D eigenvalue weighted by molar-refractivity contribution is 8.13. The highest BCUT2D eigenvalue weighted by Gasteiger charge is 1.98. The SMILES string of the molecule is CSC(N)=Nc1ccc(C(C)C)cc1. The summed E-state index contributed by atoms with van der Waals surface area (Å²) in [5.74, 6) is 0.561. The van der Waals surface area contributed by atoms with Crippen molar-refractivity contribution in [1.82, 2.24) is 0 Å². The van der Waals surface area contributed by atoms with E-state index < -0.39 is 0 Å². The lowest BCUT2D eigenvalue weighted by Crippen LogP contribution is -2.04. The molecule has 0 spiro atoms. The summed E-state index contributed by atoms with van der Waals surface area (Å²) in [4.78, 5) is 4.24. The Kier molecular flexibility index (Phi) is 4.01. The van der Waals surface area contributed by atoms with E-state index in [2.05, 4.69) is 31.0 Å². The third kappa shape index (κ3) is 3.07. The summed E-state index contributed by atoms with van der Waals surface area (Å²) in [5.41, 5.74) is 7.86. The second-order valence-corrected chi connectivity index (χ2v) is 4.23. The molecule has 0 atom stereocenters. The van der Waals surface area contributed by atoms with Crippen molar-refractivity contribution in [3.05, 3.63) is 29.8 Å². The molecule has 0 unspecified atom stereocenters. The molecule has 0 aliphatic heterocycles. The van der Waals surface area contributed by atoms with Gasteiger partial charge in [0.2, 0.25) is 0 Å². The molecule has 76 valence electrons. The van der Waals surface area contributed by atoms with E-state index in [4.69, 9.17) is 5.73 Å². The average Bonchev–Trinajstić information content (AvgIpc) is 2.18. The second-order valence-electron chi connectivity index (χ2n) is 3.40. The van der Waals surface area contributed by atoms with Gasteiger partial charge in [-0.05, 0) is 29.9 Å². The fourth-order valence-corrected chi connectivity index (χ4v) is 1.30. The van der Waals surface area contributed by atoms with Gasteiger partial charge in [-0.25, -0.2) is 4.99 Å². The second kappa shape index (κ2) is 5.05. The smallest absolute Gasteiger partial charge is 0.158 e. The first-order valence-corrected chi connectivity index (χ1v) is 5.84. The Hall–Kier alpha value is -0.960. The monoisotopic (exact) mass is 208 g/mol. The van der Waals surface area contributed by atoms with Crippen molar-refractivity contribution in [1.29, 1.82) is 0 Å². The van der Waals surface area contributed by atoms with Crippen LogP contribution < -0.4 is 5.73 Å². The number of nitrogens with zero attached hydrogens (tertiary/aromatic N) is 1. The third-order valence-electron chi connectivity index (χ3n) is 2.01. The first kappa shape index (κ1) is 11.1. The lowest BCUT2D eigenvalue weighted by molar-refractivity contribution is 0.867. The lowest BCUT2D eigenvalue weighted by Gasteiger charge is -2.04. The van der Waals surface area contributed by atoms with E-state index in [1.165, 1.54) is 17.3 Å². The molecule has 0 aliphatic rings. The van der Waals surface area contributed by atoms with Gasteiger partial charge in [-0.2, -0.15) is 0 Å². The molecule has 0 heterocycles. The van der Waals surface area contributed by atoms with Crippen LogP contribution in [0.5, 0.6) is 0 Å². The average molecular weight is 208 g/mol. The number of aliphatic imine (C=N–C) groups is 1. The van der Waals surface area contributed by atoms with Gasteiger partial charge in [0, 0.05) is 0 Å². The molecule has 0 saturated heterocycles. The number of nitrogens with two attached hydrogens (primary N) is 1. The maximum atomic E-state index is 5.62. The van der Waals surface area contributed by atoms with E-state index in [0.29, 0.717) is 11.1 Å². The summed E-state index contributed by atoms with van der Waals surface area (Å²) in [6.07, 6.45) is 1.92. The molecule has 3 heteroatoms. The molecule has 2 N–H and O–H groups in total. The predicted molar refractivity (Wildman–Crippen MR) is 65.3 cm³/mol. The largest absolute Gasteiger partial charge is 0.378 e. The van der Waals surface area contributed by atoms with Gasteiger partial charge in [0.05, 0.1) is 5.69 Å². The zero-order valence-electron chi connectivity index (χ0n) is 8.82. The van der Waals surface area contributed by atoms with Crippen molar-refractivity contribution in [3.63, 3.8) is 0 Å². The van der Waals surface area contributed by atoms with Crippen LogP contribution in [-0.2, 0) is 0 Å². The summed E-state index contributed by atoms with van der Waals surface area (Å²) in [6, 6.07) is 8.19. The molecule has 0 aromatic heterocycles. The molecule has 1 aromatic rings. The van der Waals surface area contributed by atoms with Crippen LogP contribution >= 0.6 is 11.8 Å². The van der Waals surface area contributed by atoms with Crippen LogP contribution in [0.25, 0.3) is 0 Å². The molecule has 0 saturated carbocycles. The molecule has 1 rings (SSSR count). The van der Waals surface area contributed by atoms with Gasteiger partial charge in [-0.3, -0.25) is 0 Å². The number of hydrogen-bond donors (Lipinski definition) is 1. The molecule has 2 nitrogen and oxygen atoms in total. The van der Waals surface area contributed by atoms with Crippen molar-refractivity contribution in [3.8, 4) is 0 Å². The lowest BCUT2D eigenvalue weighted by atomic mass is 10.0. The van der Waals surface area contributed by atoms with E-state index in [1.807, 2.05) is 18.4 Å². The van der Waals surface area contributed by atoms with Crippen LogP contribution in [0.4, 0.5) is 5.69 Å². The zero-order chi connectivity index (χ0) is 10.6. The number of amidine groups is 1. The number of benzene rings is 1. The van der Waals surface area contributed by atoms with E-state index in [0.717, 1.165) is 5.69 Å². The van der Waals surface area contributed by atoms with Crippen molar-refractivity contribution in [2.45, 2.75) is 19.8 Å². The quantitative estimate of drug-likeness (QED) is 0.599. The van der Waals surface area contributed by atoms with Crippen molar-refractivity contribution >= 4 is 22.6 Å². The van der Waals surface area contributed by atoms with Gasteiger partial charge in [-0.1, -0.05) is 37.7 Å². The minimum atomic E-state index is 0.561. The van der Waals surface area contributed by atoms with Gasteiger partial charge < -0.3 is 5.73 Å². The zero-order valence-corrected chi connectivity index (χ0v) is 9.64. The maximum Gasteiger partial charge on any atom is 0.158 e. The van der Waals surface area contributed by atoms with Crippen LogP contribution in [0.15, 0.2) is 29.3 Å². The Morgan fingerprint density at radius 3 is 2.29 bits per heavy atom. The highest BCUT2D eigenvalue weighted by Crippen LogP contribution is 2.19. The Balaban J connectivity index is 2.84. The third-order valence-corrected chi connectivity index (χ3v) is 2.52. The highest BCUT2D eigenvalue weighted by atomic mass is 32.2. The Morgan fingerprint density at radius 2 is 1.86 bits per heavy atom. The van der Waals surface area contributed by atoms with Crippen molar-refractivity contribution in [2.24, 2.45) is 10.7 Å². The van der Waals surface area contributed by atoms with Gasteiger partial charge in [-0.15, -0.1) is 0 Å². The van der Waals surface area contributed by atoms with Gasteiger partial charge in [0.15, 0.2) is 5.17 Å². The standard InChI is InChI=1S/C11H16N2S/c1-8(2)9-4-6-10(7-5-9)13-11(12)14-3/h4-8H,1-3H3,(H2,12,13). The van der Waals surface area contributed by atoms with Crippen molar-refractivity contribution < 1.29 is 0 Å². The minimum Gasteiger partial charge on any atom is -0.378 e. The molecule has 0 radical (unpaired) electrons. The van der Waals surface area contributed by atoms with Gasteiger partial charge in [0.25, 0.3) is 0 Å². The topological polar surface area (TPSA) is 38.4 Å². The summed E-state index contributed by atoms with van der Waals surface area (Å²) >= 11 is 1.46. The van der Waals surface area contributed by atoms with E-state index in [9.17, 15) is 0 Å². The summed E-state index contributed by atoms with van der Waals surface area (Å²) in [7, 11) is 0. The summed E-state index contributed by atoms with van der Waals surface area (Å²) < 4.78 is 0. The normalized spacial score (nSPS) is 12.1. The number of hydrogen-bond acceptors (Lipinski definition) is 2. The van der Waals surface area contributed by atoms with Crippen LogP contribution in [-0.4, -0.2) is 11.4 Å². The molecule has 0 aliphatic carbocycles. The Labute approximate surface area is 89.6 Å². The molecule has 14 heavy (non-hydrogen) atoms. The van der Waals surface area contributed by atoms with Crippen LogP contribution in [0.1, 0.15) is 25.3 Å². The molecule has 1 aromatic carbocycles. The predicted octanol–water partition coefficient (Wildman–Crippen LogP) is 3.12. The molecule has 0 bridgehead atoms. The van der Waals surface area contributed by atoms with Crippen LogP contribution in [0, 0.1) is 0 Å². The molecule has 0 amide bonds. The summed E-state index contributed by atoms with van der Waals surface area (Å²) in [5, 5.41) is 0.599. The summed E-state index contributed by atoms with van der Waals surface area (Å²) in [6.45, 7) is 4.35. The van der Waals surface area contributed by atoms with E-state index >= 15 is 0 Å². The van der Waals surface area contributed by atoms with Gasteiger partial charge in [0.1, 0.15) is 0 Å². The Bertz CT molecular complexity index is 315. The maximum absolute atomic E-state index is 5.62. The van der Waals surface area contributed by atoms with Gasteiger partial charge >= 0.3 is 0 Å².